The average Bonchev–Trinajstić information content (AvgIpc) is 2.54. The van der Waals surface area contributed by atoms with E-state index < -0.39 is 0 Å². The molecule has 0 amide bonds. The first-order chi connectivity index (χ1) is 10.4. The summed E-state index contributed by atoms with van der Waals surface area (Å²) in [6, 6.07) is 10.2. The maximum absolute atomic E-state index is 5.78. The van der Waals surface area contributed by atoms with Gasteiger partial charge in [-0.2, -0.15) is 0 Å². The predicted octanol–water partition coefficient (Wildman–Crippen LogP) is 4.73. The van der Waals surface area contributed by atoms with E-state index in [0.717, 1.165) is 37.9 Å². The van der Waals surface area contributed by atoms with Gasteiger partial charge in [-0.25, -0.2) is 0 Å². The van der Waals surface area contributed by atoms with E-state index in [4.69, 9.17) is 9.47 Å². The van der Waals surface area contributed by atoms with Gasteiger partial charge in [0.05, 0.1) is 6.61 Å². The normalized spacial score (nSPS) is 17.8. The van der Waals surface area contributed by atoms with Crippen LogP contribution in [-0.4, -0.2) is 19.5 Å². The topological polar surface area (TPSA) is 18.5 Å². The maximum Gasteiger partial charge on any atom is 0.157 e. The third kappa shape index (κ3) is 6.14. The molecule has 0 spiro atoms. The summed E-state index contributed by atoms with van der Waals surface area (Å²) in [4.78, 5) is 0. The maximum atomic E-state index is 5.78. The third-order valence-corrected chi connectivity index (χ3v) is 3.48. The molecular weight excluding hydrogens is 260 g/mol. The fourth-order valence-electron chi connectivity index (χ4n) is 2.30. The molecule has 0 saturated carbocycles. The summed E-state index contributed by atoms with van der Waals surface area (Å²) in [5.41, 5.74) is 5.75. The standard InChI is InChI=1S/C19H24O2/c1-2-8-17(12-13-18-9-4-3-5-10-18)14-16-21-19-11-6-7-15-20-19/h2-5,9-10,13,19H,1,6-8,11,14-16H2. The van der Waals surface area contributed by atoms with Gasteiger partial charge < -0.3 is 9.47 Å². The van der Waals surface area contributed by atoms with Crippen molar-refractivity contribution in [2.45, 2.75) is 38.4 Å². The van der Waals surface area contributed by atoms with Gasteiger partial charge in [-0.05, 0) is 49.3 Å². The fourth-order valence-corrected chi connectivity index (χ4v) is 2.30. The highest BCUT2D eigenvalue weighted by Crippen LogP contribution is 2.15. The van der Waals surface area contributed by atoms with Crippen LogP contribution in [0.2, 0.25) is 0 Å². The highest BCUT2D eigenvalue weighted by molar-refractivity contribution is 5.48. The monoisotopic (exact) mass is 284 g/mol. The Kier molecular flexibility index (Phi) is 7.03. The van der Waals surface area contributed by atoms with Crippen LogP contribution in [0.25, 0.3) is 6.08 Å². The second kappa shape index (κ2) is 9.36. The van der Waals surface area contributed by atoms with Crippen molar-refractivity contribution in [1.82, 2.24) is 0 Å². The molecule has 0 radical (unpaired) electrons. The average molecular weight is 284 g/mol. The van der Waals surface area contributed by atoms with Crippen LogP contribution in [0.4, 0.5) is 0 Å². The van der Waals surface area contributed by atoms with Crippen LogP contribution in [0.3, 0.4) is 0 Å². The van der Waals surface area contributed by atoms with Crippen LogP contribution in [0.1, 0.15) is 37.7 Å². The van der Waals surface area contributed by atoms with Crippen molar-refractivity contribution in [3.05, 3.63) is 59.9 Å². The first-order valence-corrected chi connectivity index (χ1v) is 7.72. The first-order valence-electron chi connectivity index (χ1n) is 7.72. The van der Waals surface area contributed by atoms with Gasteiger partial charge >= 0.3 is 0 Å². The van der Waals surface area contributed by atoms with Crippen molar-refractivity contribution in [2.24, 2.45) is 0 Å². The van der Waals surface area contributed by atoms with Gasteiger partial charge in [-0.3, -0.25) is 0 Å². The second-order valence-electron chi connectivity index (χ2n) is 5.21. The van der Waals surface area contributed by atoms with Crippen LogP contribution in [-0.2, 0) is 9.47 Å². The molecule has 0 aromatic heterocycles. The lowest BCUT2D eigenvalue weighted by atomic mass is 10.1. The first kappa shape index (κ1) is 15.8. The molecule has 1 unspecified atom stereocenters. The van der Waals surface area contributed by atoms with Crippen molar-refractivity contribution in [2.75, 3.05) is 13.2 Å². The molecule has 1 saturated heterocycles. The van der Waals surface area contributed by atoms with Crippen molar-refractivity contribution in [3.8, 4) is 0 Å². The number of allylic oxidation sites excluding steroid dienone is 1. The highest BCUT2D eigenvalue weighted by Gasteiger charge is 2.13. The molecule has 0 N–H and O–H groups in total. The van der Waals surface area contributed by atoms with Crippen molar-refractivity contribution in [3.63, 3.8) is 0 Å². The van der Waals surface area contributed by atoms with E-state index in [1.807, 2.05) is 30.4 Å². The number of hydrogen-bond donors (Lipinski definition) is 0. The molecule has 1 heterocycles. The van der Waals surface area contributed by atoms with Gasteiger partial charge in [0.15, 0.2) is 6.29 Å². The summed E-state index contributed by atoms with van der Waals surface area (Å²) in [6.07, 6.45) is 9.01. The Labute approximate surface area is 127 Å². The molecule has 2 nitrogen and oxygen atoms in total. The molecule has 2 rings (SSSR count). The van der Waals surface area contributed by atoms with E-state index in [-0.39, 0.29) is 6.29 Å². The second-order valence-corrected chi connectivity index (χ2v) is 5.21. The Hall–Kier alpha value is -1.60. The number of benzene rings is 1. The molecule has 21 heavy (non-hydrogen) atoms. The molecule has 1 fully saturated rings. The molecule has 1 aliphatic heterocycles. The SMILES string of the molecule is C=CCC(=C=Cc1ccccc1)CCOC1CCCCO1. The Bertz CT molecular complexity index is 478. The molecule has 1 aromatic rings. The summed E-state index contributed by atoms with van der Waals surface area (Å²) < 4.78 is 11.3. The van der Waals surface area contributed by atoms with Crippen molar-refractivity contribution >= 4 is 6.08 Å². The minimum atomic E-state index is -0.0122. The van der Waals surface area contributed by atoms with E-state index in [2.05, 4.69) is 24.4 Å². The van der Waals surface area contributed by atoms with Gasteiger partial charge in [0.1, 0.15) is 0 Å². The summed E-state index contributed by atoms with van der Waals surface area (Å²) in [5, 5.41) is 0. The van der Waals surface area contributed by atoms with Crippen molar-refractivity contribution in [1.29, 1.82) is 0 Å². The number of hydrogen-bond acceptors (Lipinski definition) is 2. The predicted molar refractivity (Wildman–Crippen MR) is 86.9 cm³/mol. The largest absolute Gasteiger partial charge is 0.353 e. The third-order valence-electron chi connectivity index (χ3n) is 3.48. The van der Waals surface area contributed by atoms with Crippen molar-refractivity contribution < 1.29 is 9.47 Å². The Morgan fingerprint density at radius 1 is 1.33 bits per heavy atom. The summed E-state index contributed by atoms with van der Waals surface area (Å²) in [7, 11) is 0. The Morgan fingerprint density at radius 3 is 2.90 bits per heavy atom. The van der Waals surface area contributed by atoms with Gasteiger partial charge in [0.25, 0.3) is 0 Å². The molecule has 1 atom stereocenters. The minimum absolute atomic E-state index is 0.0122. The van der Waals surface area contributed by atoms with Gasteiger partial charge in [0, 0.05) is 6.61 Å². The quantitative estimate of drug-likeness (QED) is 0.532. The zero-order chi connectivity index (χ0) is 14.8. The van der Waals surface area contributed by atoms with E-state index >= 15 is 0 Å². The molecular formula is C19H24O2. The highest BCUT2D eigenvalue weighted by atomic mass is 16.7. The van der Waals surface area contributed by atoms with E-state index in [1.165, 1.54) is 12.0 Å². The van der Waals surface area contributed by atoms with Crippen LogP contribution < -0.4 is 0 Å². The van der Waals surface area contributed by atoms with Crippen LogP contribution in [0, 0.1) is 0 Å². The zero-order valence-corrected chi connectivity index (χ0v) is 12.6. The molecule has 1 aliphatic rings. The Morgan fingerprint density at radius 2 is 2.19 bits per heavy atom. The lowest BCUT2D eigenvalue weighted by Crippen LogP contribution is -2.22. The minimum Gasteiger partial charge on any atom is -0.353 e. The Balaban J connectivity index is 1.86. The van der Waals surface area contributed by atoms with Crippen LogP contribution >= 0.6 is 0 Å². The van der Waals surface area contributed by atoms with Gasteiger partial charge in [-0.15, -0.1) is 12.3 Å². The fraction of sp³-hybridized carbons (Fsp3) is 0.421. The van der Waals surface area contributed by atoms with E-state index in [1.54, 1.807) is 0 Å². The van der Waals surface area contributed by atoms with E-state index in [0.29, 0.717) is 6.61 Å². The summed E-state index contributed by atoms with van der Waals surface area (Å²) >= 11 is 0. The molecule has 2 heteroatoms. The van der Waals surface area contributed by atoms with Crippen LogP contribution in [0.15, 0.2) is 54.3 Å². The van der Waals surface area contributed by atoms with Crippen LogP contribution in [0.5, 0.6) is 0 Å². The van der Waals surface area contributed by atoms with E-state index in [9.17, 15) is 0 Å². The molecule has 0 aliphatic carbocycles. The smallest absolute Gasteiger partial charge is 0.157 e. The summed E-state index contributed by atoms with van der Waals surface area (Å²) in [6.45, 7) is 5.32. The van der Waals surface area contributed by atoms with Gasteiger partial charge in [0.2, 0.25) is 0 Å². The lowest BCUT2D eigenvalue weighted by Gasteiger charge is -2.22. The lowest BCUT2D eigenvalue weighted by molar-refractivity contribution is -0.161. The summed E-state index contributed by atoms with van der Waals surface area (Å²) in [5.74, 6) is 0. The van der Waals surface area contributed by atoms with Gasteiger partial charge in [-0.1, -0.05) is 36.4 Å². The number of rotatable bonds is 7. The zero-order valence-electron chi connectivity index (χ0n) is 12.6. The number of ether oxygens (including phenoxy) is 2. The molecule has 0 bridgehead atoms. The molecule has 112 valence electrons. The molecule has 1 aromatic carbocycles.